The van der Waals surface area contributed by atoms with Crippen LogP contribution in [0, 0.1) is 5.92 Å². The largest absolute Gasteiger partial charge is 0.497 e. The fraction of sp³-hybridized carbons (Fsp3) is 0.391. The Kier molecular flexibility index (Phi) is 6.75. The summed E-state index contributed by atoms with van der Waals surface area (Å²) in [4.78, 5) is 26.1. The van der Waals surface area contributed by atoms with Gasteiger partial charge in [-0.1, -0.05) is 38.1 Å². The third-order valence-electron chi connectivity index (χ3n) is 5.20. The standard InChI is InChI=1S/C23H29N3O3/c1-16(2)22(18-8-12-20(29-3)13-9-18)25-23(28)24-15-17-6-10-19(11-7-17)26-14-4-5-21(26)27/h6-13,16,22H,4-5,14-15H2,1-3H3,(H2,24,25,28)/t22-/m1/s1. The zero-order valence-corrected chi connectivity index (χ0v) is 17.3. The number of nitrogens with one attached hydrogen (secondary N) is 2. The van der Waals surface area contributed by atoms with Gasteiger partial charge in [-0.15, -0.1) is 0 Å². The van der Waals surface area contributed by atoms with Crippen molar-refractivity contribution in [2.75, 3.05) is 18.6 Å². The van der Waals surface area contributed by atoms with Gasteiger partial charge in [0.05, 0.1) is 13.2 Å². The van der Waals surface area contributed by atoms with Crippen molar-refractivity contribution in [1.82, 2.24) is 10.6 Å². The van der Waals surface area contributed by atoms with Crippen LogP contribution in [-0.4, -0.2) is 25.6 Å². The maximum absolute atomic E-state index is 12.4. The SMILES string of the molecule is COc1ccc([C@H](NC(=O)NCc2ccc(N3CCCC3=O)cc2)C(C)C)cc1. The first-order chi connectivity index (χ1) is 14.0. The third kappa shape index (κ3) is 5.28. The van der Waals surface area contributed by atoms with Gasteiger partial charge in [-0.3, -0.25) is 4.79 Å². The summed E-state index contributed by atoms with van der Waals surface area (Å²) >= 11 is 0. The summed E-state index contributed by atoms with van der Waals surface area (Å²) in [6.07, 6.45) is 1.53. The molecule has 6 nitrogen and oxygen atoms in total. The van der Waals surface area contributed by atoms with Crippen LogP contribution in [0.4, 0.5) is 10.5 Å². The second kappa shape index (κ2) is 9.45. The Morgan fingerprint density at radius 2 is 1.79 bits per heavy atom. The van der Waals surface area contributed by atoms with Crippen LogP contribution in [0.1, 0.15) is 43.9 Å². The fourth-order valence-electron chi connectivity index (χ4n) is 3.54. The highest BCUT2D eigenvalue weighted by molar-refractivity contribution is 5.95. The molecule has 29 heavy (non-hydrogen) atoms. The zero-order valence-electron chi connectivity index (χ0n) is 17.3. The molecular weight excluding hydrogens is 366 g/mol. The molecule has 1 aliphatic rings. The first kappa shape index (κ1) is 20.7. The smallest absolute Gasteiger partial charge is 0.315 e. The molecule has 3 rings (SSSR count). The average molecular weight is 396 g/mol. The summed E-state index contributed by atoms with van der Waals surface area (Å²) < 4.78 is 5.20. The fourth-order valence-corrected chi connectivity index (χ4v) is 3.54. The van der Waals surface area contributed by atoms with Gasteiger partial charge in [0.25, 0.3) is 0 Å². The summed E-state index contributed by atoms with van der Waals surface area (Å²) in [6, 6.07) is 15.2. The Morgan fingerprint density at radius 1 is 1.10 bits per heavy atom. The van der Waals surface area contributed by atoms with Crippen molar-refractivity contribution < 1.29 is 14.3 Å². The number of carbonyl (C=O) groups excluding carboxylic acids is 2. The van der Waals surface area contributed by atoms with Crippen LogP contribution in [0.15, 0.2) is 48.5 Å². The van der Waals surface area contributed by atoms with E-state index in [-0.39, 0.29) is 23.9 Å². The molecule has 0 aliphatic carbocycles. The number of methoxy groups -OCH3 is 1. The average Bonchev–Trinajstić information content (AvgIpc) is 3.16. The highest BCUT2D eigenvalue weighted by Gasteiger charge is 2.21. The van der Waals surface area contributed by atoms with Gasteiger partial charge in [0.1, 0.15) is 5.75 Å². The van der Waals surface area contributed by atoms with Crippen molar-refractivity contribution >= 4 is 17.6 Å². The molecule has 1 heterocycles. The topological polar surface area (TPSA) is 70.7 Å². The molecule has 154 valence electrons. The molecule has 2 aromatic rings. The number of anilines is 1. The molecule has 0 unspecified atom stereocenters. The molecule has 0 bridgehead atoms. The van der Waals surface area contributed by atoms with Crippen molar-refractivity contribution in [2.24, 2.45) is 5.92 Å². The van der Waals surface area contributed by atoms with Crippen molar-refractivity contribution in [3.05, 3.63) is 59.7 Å². The molecule has 0 saturated carbocycles. The van der Waals surface area contributed by atoms with E-state index in [2.05, 4.69) is 24.5 Å². The van der Waals surface area contributed by atoms with Gasteiger partial charge >= 0.3 is 6.03 Å². The monoisotopic (exact) mass is 395 g/mol. The quantitative estimate of drug-likeness (QED) is 0.744. The first-order valence-corrected chi connectivity index (χ1v) is 10.1. The number of carbonyl (C=O) groups is 2. The van der Waals surface area contributed by atoms with E-state index >= 15 is 0 Å². The lowest BCUT2D eigenvalue weighted by atomic mass is 9.96. The molecule has 0 radical (unpaired) electrons. The lowest BCUT2D eigenvalue weighted by molar-refractivity contribution is -0.117. The number of ether oxygens (including phenoxy) is 1. The van der Waals surface area contributed by atoms with Crippen molar-refractivity contribution in [3.8, 4) is 5.75 Å². The van der Waals surface area contributed by atoms with Crippen LogP contribution in [0.2, 0.25) is 0 Å². The van der Waals surface area contributed by atoms with Gasteiger partial charge in [0, 0.05) is 25.2 Å². The van der Waals surface area contributed by atoms with E-state index < -0.39 is 0 Å². The van der Waals surface area contributed by atoms with Crippen LogP contribution in [-0.2, 0) is 11.3 Å². The molecule has 2 N–H and O–H groups in total. The van der Waals surface area contributed by atoms with E-state index in [0.29, 0.717) is 13.0 Å². The minimum Gasteiger partial charge on any atom is -0.497 e. The van der Waals surface area contributed by atoms with Gasteiger partial charge in [-0.2, -0.15) is 0 Å². The second-order valence-electron chi connectivity index (χ2n) is 7.64. The second-order valence-corrected chi connectivity index (χ2v) is 7.64. The van der Waals surface area contributed by atoms with E-state index in [1.807, 2.05) is 53.4 Å². The molecule has 0 spiro atoms. The molecule has 2 aromatic carbocycles. The third-order valence-corrected chi connectivity index (χ3v) is 5.20. The Hall–Kier alpha value is -3.02. The van der Waals surface area contributed by atoms with Gasteiger partial charge in [-0.05, 0) is 47.7 Å². The number of benzene rings is 2. The van der Waals surface area contributed by atoms with Crippen LogP contribution in [0.5, 0.6) is 5.75 Å². The molecule has 0 aromatic heterocycles. The molecule has 1 atom stereocenters. The maximum atomic E-state index is 12.4. The number of amides is 3. The van der Waals surface area contributed by atoms with E-state index in [9.17, 15) is 9.59 Å². The van der Waals surface area contributed by atoms with Crippen LogP contribution >= 0.6 is 0 Å². The van der Waals surface area contributed by atoms with Crippen LogP contribution < -0.4 is 20.3 Å². The Bertz CT molecular complexity index is 831. The van der Waals surface area contributed by atoms with Gasteiger partial charge in [-0.25, -0.2) is 4.79 Å². The number of urea groups is 1. The first-order valence-electron chi connectivity index (χ1n) is 10.1. The minimum atomic E-state index is -0.210. The van der Waals surface area contributed by atoms with Gasteiger partial charge in [0.15, 0.2) is 0 Å². The van der Waals surface area contributed by atoms with Crippen LogP contribution in [0.25, 0.3) is 0 Å². The Morgan fingerprint density at radius 3 is 2.34 bits per heavy atom. The number of hydrogen-bond acceptors (Lipinski definition) is 3. The minimum absolute atomic E-state index is 0.0931. The zero-order chi connectivity index (χ0) is 20.8. The number of nitrogens with zero attached hydrogens (tertiary/aromatic N) is 1. The van der Waals surface area contributed by atoms with E-state index in [1.54, 1.807) is 7.11 Å². The highest BCUT2D eigenvalue weighted by atomic mass is 16.5. The Labute approximate surface area is 172 Å². The predicted molar refractivity (Wildman–Crippen MR) is 114 cm³/mol. The summed E-state index contributed by atoms with van der Waals surface area (Å²) in [5.74, 6) is 1.21. The van der Waals surface area contributed by atoms with E-state index in [1.165, 1.54) is 0 Å². The van der Waals surface area contributed by atoms with Crippen molar-refractivity contribution in [3.63, 3.8) is 0 Å². The number of hydrogen-bond donors (Lipinski definition) is 2. The summed E-state index contributed by atoms with van der Waals surface area (Å²) in [5.41, 5.74) is 2.94. The molecule has 1 aliphatic heterocycles. The molecule has 1 saturated heterocycles. The van der Waals surface area contributed by atoms with Crippen LogP contribution in [0.3, 0.4) is 0 Å². The molecule has 1 fully saturated rings. The lowest BCUT2D eigenvalue weighted by Crippen LogP contribution is -2.39. The van der Waals surface area contributed by atoms with Gasteiger partial charge < -0.3 is 20.3 Å². The maximum Gasteiger partial charge on any atom is 0.315 e. The summed E-state index contributed by atoms with van der Waals surface area (Å²) in [6.45, 7) is 5.36. The highest BCUT2D eigenvalue weighted by Crippen LogP contribution is 2.24. The summed E-state index contributed by atoms with van der Waals surface area (Å²) in [5, 5.41) is 5.98. The van der Waals surface area contributed by atoms with E-state index in [0.717, 1.165) is 35.5 Å². The van der Waals surface area contributed by atoms with E-state index in [4.69, 9.17) is 4.74 Å². The van der Waals surface area contributed by atoms with Gasteiger partial charge in [0.2, 0.25) is 5.91 Å². The predicted octanol–water partition coefficient (Wildman–Crippen LogP) is 4.02. The normalized spacial score (nSPS) is 14.8. The molecule has 3 amide bonds. The number of rotatable bonds is 7. The molecule has 6 heteroatoms. The summed E-state index contributed by atoms with van der Waals surface area (Å²) in [7, 11) is 1.64. The lowest BCUT2D eigenvalue weighted by Gasteiger charge is -2.23. The molecular formula is C23H29N3O3. The van der Waals surface area contributed by atoms with Crippen molar-refractivity contribution in [2.45, 2.75) is 39.3 Å². The Balaban J connectivity index is 1.55. The van der Waals surface area contributed by atoms with Crippen molar-refractivity contribution in [1.29, 1.82) is 0 Å².